The van der Waals surface area contributed by atoms with Crippen molar-refractivity contribution in [3.63, 3.8) is 0 Å². The zero-order valence-corrected chi connectivity index (χ0v) is 24.6. The first kappa shape index (κ1) is 27.3. The third kappa shape index (κ3) is 5.31. The second-order valence-electron chi connectivity index (χ2n) is 12.5. The Hall–Kier alpha value is -3.26. The lowest BCUT2D eigenvalue weighted by molar-refractivity contribution is -0.384. The molecule has 1 aliphatic carbocycles. The number of hydrogen-bond donors (Lipinski definition) is 1. The molecule has 0 spiro atoms. The maximum Gasteiger partial charge on any atom is 0.322 e. The van der Waals surface area contributed by atoms with E-state index in [0.29, 0.717) is 19.0 Å². The lowest BCUT2D eigenvalue weighted by Crippen LogP contribution is -2.40. The summed E-state index contributed by atoms with van der Waals surface area (Å²) >= 11 is 1.70. The molecule has 1 fully saturated rings. The van der Waals surface area contributed by atoms with Crippen LogP contribution in [0, 0.1) is 24.0 Å². The van der Waals surface area contributed by atoms with E-state index in [1.54, 1.807) is 22.3 Å². The van der Waals surface area contributed by atoms with Gasteiger partial charge in [-0.05, 0) is 84.7 Å². The molecule has 39 heavy (non-hydrogen) atoms. The van der Waals surface area contributed by atoms with Gasteiger partial charge in [0.05, 0.1) is 15.6 Å². The number of urea groups is 1. The molecule has 2 heterocycles. The fourth-order valence-corrected chi connectivity index (χ4v) is 6.93. The van der Waals surface area contributed by atoms with Crippen LogP contribution in [0.25, 0.3) is 11.3 Å². The summed E-state index contributed by atoms with van der Waals surface area (Å²) in [5.41, 5.74) is 7.34. The van der Waals surface area contributed by atoms with Crippen LogP contribution >= 0.6 is 11.3 Å². The van der Waals surface area contributed by atoms with Gasteiger partial charge in [-0.25, -0.2) is 9.78 Å². The fraction of sp³-hybridized carbons (Fsp3) is 0.484. The third-order valence-electron chi connectivity index (χ3n) is 8.85. The Labute approximate surface area is 234 Å². The van der Waals surface area contributed by atoms with E-state index in [-0.39, 0.29) is 28.2 Å². The molecule has 8 heteroatoms. The van der Waals surface area contributed by atoms with Crippen molar-refractivity contribution in [2.45, 2.75) is 84.0 Å². The molecule has 0 unspecified atom stereocenters. The second kappa shape index (κ2) is 10.0. The molecule has 7 nitrogen and oxygen atoms in total. The van der Waals surface area contributed by atoms with Crippen molar-refractivity contribution in [3.05, 3.63) is 73.1 Å². The van der Waals surface area contributed by atoms with Gasteiger partial charge in [-0.1, -0.05) is 39.8 Å². The Morgan fingerprint density at radius 2 is 1.67 bits per heavy atom. The van der Waals surface area contributed by atoms with Crippen molar-refractivity contribution in [3.8, 4) is 11.3 Å². The highest BCUT2D eigenvalue weighted by Gasteiger charge is 2.37. The molecule has 0 atom stereocenters. The molecule has 1 aromatic heterocycles. The van der Waals surface area contributed by atoms with Gasteiger partial charge in [0.1, 0.15) is 5.69 Å². The summed E-state index contributed by atoms with van der Waals surface area (Å²) in [5, 5.41) is 17.6. The smallest absolute Gasteiger partial charge is 0.322 e. The van der Waals surface area contributed by atoms with Gasteiger partial charge in [-0.15, -0.1) is 11.3 Å². The number of carbonyl (C=O) groups excluding carboxylic acids is 1. The van der Waals surface area contributed by atoms with Crippen LogP contribution in [-0.2, 0) is 10.8 Å². The van der Waals surface area contributed by atoms with Crippen LogP contribution in [0.2, 0.25) is 0 Å². The number of amides is 2. The first-order valence-electron chi connectivity index (χ1n) is 13.8. The van der Waals surface area contributed by atoms with E-state index in [2.05, 4.69) is 56.6 Å². The van der Waals surface area contributed by atoms with Crippen molar-refractivity contribution < 1.29 is 9.72 Å². The number of anilines is 1. The molecular weight excluding hydrogens is 508 g/mol. The number of likely N-dealkylation sites (tertiary alicyclic amines) is 1. The van der Waals surface area contributed by atoms with Crippen LogP contribution < -0.4 is 5.32 Å². The Balaban J connectivity index is 1.26. The molecule has 0 radical (unpaired) electrons. The van der Waals surface area contributed by atoms with E-state index in [1.807, 2.05) is 13.8 Å². The molecule has 1 N–H and O–H groups in total. The van der Waals surface area contributed by atoms with Gasteiger partial charge in [0.2, 0.25) is 0 Å². The minimum absolute atomic E-state index is 0.0780. The number of carbonyl (C=O) groups is 1. The maximum atomic E-state index is 13.0. The standard InChI is InChI=1S/C31H38N4O3S/c1-19-15-25(27(35(37)38)16-20(19)2)33-29(36)34-13-9-21(10-14-34)28-32-26(18-39-28)22-7-8-23-24(17-22)31(5,6)12-11-30(23,3)4/h7-8,15-18,21H,9-14H2,1-6H3,(H,33,36). The average molecular weight is 547 g/mol. The minimum Gasteiger partial charge on any atom is -0.324 e. The molecule has 5 rings (SSSR count). The Morgan fingerprint density at radius 1 is 1.03 bits per heavy atom. The number of nitro groups is 1. The van der Waals surface area contributed by atoms with Crippen molar-refractivity contribution >= 4 is 28.7 Å². The molecule has 2 aromatic carbocycles. The van der Waals surface area contributed by atoms with Crippen LogP contribution in [0.5, 0.6) is 0 Å². The van der Waals surface area contributed by atoms with Crippen LogP contribution in [0.4, 0.5) is 16.2 Å². The molecule has 206 valence electrons. The van der Waals surface area contributed by atoms with E-state index in [4.69, 9.17) is 4.98 Å². The third-order valence-corrected chi connectivity index (χ3v) is 9.86. The number of aromatic nitrogens is 1. The van der Waals surface area contributed by atoms with E-state index in [1.165, 1.54) is 35.6 Å². The van der Waals surface area contributed by atoms with Gasteiger partial charge in [-0.2, -0.15) is 0 Å². The summed E-state index contributed by atoms with van der Waals surface area (Å²) in [6.45, 7) is 14.3. The maximum absolute atomic E-state index is 13.0. The van der Waals surface area contributed by atoms with Crippen LogP contribution in [0.15, 0.2) is 35.7 Å². The first-order chi connectivity index (χ1) is 18.4. The Bertz CT molecular complexity index is 1430. The molecule has 0 saturated carbocycles. The number of rotatable bonds is 4. The van der Waals surface area contributed by atoms with Crippen LogP contribution in [0.3, 0.4) is 0 Å². The van der Waals surface area contributed by atoms with Crippen LogP contribution in [-0.4, -0.2) is 33.9 Å². The van der Waals surface area contributed by atoms with E-state index >= 15 is 0 Å². The zero-order valence-electron chi connectivity index (χ0n) is 23.8. The molecule has 2 aliphatic rings. The van der Waals surface area contributed by atoms with E-state index < -0.39 is 4.92 Å². The lowest BCUT2D eigenvalue weighted by Gasteiger charge is -2.42. The molecule has 2 amide bonds. The number of fused-ring (bicyclic) bond motifs is 1. The number of benzene rings is 2. The number of nitrogens with one attached hydrogen (secondary N) is 1. The van der Waals surface area contributed by atoms with Gasteiger partial charge in [-0.3, -0.25) is 10.1 Å². The topological polar surface area (TPSA) is 88.4 Å². The molecule has 0 bridgehead atoms. The monoisotopic (exact) mass is 546 g/mol. The largest absolute Gasteiger partial charge is 0.324 e. The molecule has 3 aromatic rings. The summed E-state index contributed by atoms with van der Waals surface area (Å²) in [4.78, 5) is 30.8. The fourth-order valence-electron chi connectivity index (χ4n) is 5.93. The van der Waals surface area contributed by atoms with Crippen molar-refractivity contribution in [2.75, 3.05) is 18.4 Å². The summed E-state index contributed by atoms with van der Waals surface area (Å²) in [6, 6.07) is 9.79. The molecule has 1 saturated heterocycles. The summed E-state index contributed by atoms with van der Waals surface area (Å²) in [5.74, 6) is 0.303. The van der Waals surface area contributed by atoms with Crippen LogP contribution in [0.1, 0.15) is 86.6 Å². The van der Waals surface area contributed by atoms with Gasteiger partial charge in [0.25, 0.3) is 5.69 Å². The average Bonchev–Trinajstić information content (AvgIpc) is 3.39. The van der Waals surface area contributed by atoms with E-state index in [9.17, 15) is 14.9 Å². The summed E-state index contributed by atoms with van der Waals surface area (Å²) < 4.78 is 0. The van der Waals surface area contributed by atoms with Gasteiger partial charge < -0.3 is 10.2 Å². The van der Waals surface area contributed by atoms with Gasteiger partial charge in [0, 0.05) is 36.0 Å². The highest BCUT2D eigenvalue weighted by Crippen LogP contribution is 2.47. The van der Waals surface area contributed by atoms with Gasteiger partial charge in [0.15, 0.2) is 0 Å². The van der Waals surface area contributed by atoms with Crippen molar-refractivity contribution in [1.29, 1.82) is 0 Å². The number of nitrogens with zero attached hydrogens (tertiary/aromatic N) is 3. The number of hydrogen-bond acceptors (Lipinski definition) is 5. The molecular formula is C31H38N4O3S. The van der Waals surface area contributed by atoms with Crippen molar-refractivity contribution in [1.82, 2.24) is 9.88 Å². The SMILES string of the molecule is Cc1cc(NC(=O)N2CCC(c3nc(-c4ccc5c(c4)C(C)(C)CCC5(C)C)cs3)CC2)c([N+](=O)[O-])cc1C. The highest BCUT2D eigenvalue weighted by molar-refractivity contribution is 7.10. The predicted molar refractivity (Wildman–Crippen MR) is 158 cm³/mol. The number of piperidine rings is 1. The molecule has 1 aliphatic heterocycles. The first-order valence-corrected chi connectivity index (χ1v) is 14.7. The number of thiazole rings is 1. The van der Waals surface area contributed by atoms with Gasteiger partial charge >= 0.3 is 6.03 Å². The van der Waals surface area contributed by atoms with E-state index in [0.717, 1.165) is 34.7 Å². The second-order valence-corrected chi connectivity index (χ2v) is 13.4. The normalized spacial score (nSPS) is 18.5. The predicted octanol–water partition coefficient (Wildman–Crippen LogP) is 8.10. The number of aryl methyl sites for hydroxylation is 2. The minimum atomic E-state index is -0.446. The summed E-state index contributed by atoms with van der Waals surface area (Å²) in [7, 11) is 0. The van der Waals surface area contributed by atoms with Crippen molar-refractivity contribution in [2.24, 2.45) is 0 Å². The quantitative estimate of drug-likeness (QED) is 0.264. The Kier molecular flexibility index (Phi) is 7.04. The Morgan fingerprint density at radius 3 is 2.33 bits per heavy atom. The number of nitro benzene ring substituents is 1. The summed E-state index contributed by atoms with van der Waals surface area (Å²) in [6.07, 6.45) is 4.02. The lowest BCUT2D eigenvalue weighted by atomic mass is 9.63. The highest BCUT2D eigenvalue weighted by atomic mass is 32.1. The zero-order chi connectivity index (χ0) is 28.1.